The number of non-ortho nitro benzene ring substituents is 1. The van der Waals surface area contributed by atoms with Gasteiger partial charge in [0.1, 0.15) is 11.5 Å². The van der Waals surface area contributed by atoms with E-state index in [2.05, 4.69) is 20.9 Å². The van der Waals surface area contributed by atoms with Gasteiger partial charge < -0.3 is 18.6 Å². The molecule has 0 amide bonds. The van der Waals surface area contributed by atoms with Crippen LogP contribution in [0, 0.1) is 17.0 Å². The molecule has 1 atom stereocenters. The van der Waals surface area contributed by atoms with Crippen LogP contribution in [0.2, 0.25) is 0 Å². The number of benzene rings is 2. The normalized spacial score (nSPS) is 14.7. The average molecular weight is 683 g/mol. The van der Waals surface area contributed by atoms with Crippen molar-refractivity contribution in [3.05, 3.63) is 105 Å². The molecule has 1 aliphatic rings. The molecule has 0 radical (unpaired) electrons. The zero-order valence-corrected chi connectivity index (χ0v) is 26.9. The summed E-state index contributed by atoms with van der Waals surface area (Å²) < 4.78 is 25.1. The van der Waals surface area contributed by atoms with Crippen molar-refractivity contribution in [3.8, 4) is 22.8 Å². The third-order valence-electron chi connectivity index (χ3n) is 6.99. The quantitative estimate of drug-likeness (QED) is 0.129. The molecule has 5 rings (SSSR count). The van der Waals surface area contributed by atoms with E-state index in [9.17, 15) is 19.7 Å². The van der Waals surface area contributed by atoms with Crippen molar-refractivity contribution in [3.63, 3.8) is 0 Å². The molecule has 0 aliphatic carbocycles. The van der Waals surface area contributed by atoms with E-state index >= 15 is 0 Å². The minimum atomic E-state index is -0.883. The molecule has 0 N–H and O–H groups in total. The number of allylic oxidation sites excluding steroid dienone is 1. The van der Waals surface area contributed by atoms with Gasteiger partial charge in [-0.15, -0.1) is 0 Å². The van der Waals surface area contributed by atoms with E-state index in [1.807, 2.05) is 13.8 Å². The molecule has 3 heterocycles. The van der Waals surface area contributed by atoms with Crippen LogP contribution in [-0.2, 0) is 9.53 Å². The van der Waals surface area contributed by atoms with E-state index in [1.165, 1.54) is 23.8 Å². The number of thiazole rings is 1. The molecule has 2 aromatic carbocycles. The van der Waals surface area contributed by atoms with Gasteiger partial charge in [0.25, 0.3) is 11.2 Å². The SMILES string of the molecule is CCOC(=O)C1=C(C)N=c2s/c(=C/c3ccc(-c4cc([N+](=O)[O-])ccc4C)o3)c(=O)n2[C@@H]1c1cc(OC)c(OCC)cc1Br. The Labute approximate surface area is 264 Å². The number of nitrogens with zero attached hydrogens (tertiary/aromatic N) is 3. The van der Waals surface area contributed by atoms with Crippen molar-refractivity contribution in [1.29, 1.82) is 0 Å². The number of aryl methyl sites for hydroxylation is 1. The lowest BCUT2D eigenvalue weighted by molar-refractivity contribution is -0.384. The smallest absolute Gasteiger partial charge is 0.338 e. The monoisotopic (exact) mass is 681 g/mol. The number of rotatable bonds is 9. The maximum absolute atomic E-state index is 14.0. The molecule has 0 saturated heterocycles. The number of esters is 1. The third kappa shape index (κ3) is 5.72. The molecule has 0 unspecified atom stereocenters. The van der Waals surface area contributed by atoms with Crippen LogP contribution in [0.4, 0.5) is 5.69 Å². The molecule has 1 aliphatic heterocycles. The second kappa shape index (κ2) is 12.6. The highest BCUT2D eigenvalue weighted by atomic mass is 79.9. The van der Waals surface area contributed by atoms with Gasteiger partial charge in [0.05, 0.1) is 47.1 Å². The minimum absolute atomic E-state index is 0.0540. The molecule has 0 bridgehead atoms. The summed E-state index contributed by atoms with van der Waals surface area (Å²) in [5.74, 6) is 1.15. The Morgan fingerprint density at radius 2 is 1.93 bits per heavy atom. The number of carbonyl (C=O) groups excluding carboxylic acids is 1. The Morgan fingerprint density at radius 3 is 2.61 bits per heavy atom. The fourth-order valence-corrected chi connectivity index (χ4v) is 6.53. The summed E-state index contributed by atoms with van der Waals surface area (Å²) in [4.78, 5) is 43.2. The minimum Gasteiger partial charge on any atom is -0.493 e. The lowest BCUT2D eigenvalue weighted by atomic mass is 9.95. The van der Waals surface area contributed by atoms with Crippen LogP contribution in [0.5, 0.6) is 11.5 Å². The molecular formula is C31H28BrN3O8S. The van der Waals surface area contributed by atoms with Crippen LogP contribution in [0.3, 0.4) is 0 Å². The van der Waals surface area contributed by atoms with Crippen LogP contribution in [0.15, 0.2) is 72.4 Å². The van der Waals surface area contributed by atoms with E-state index in [0.717, 1.165) is 16.9 Å². The molecule has 4 aromatic rings. The number of aromatic nitrogens is 1. The summed E-state index contributed by atoms with van der Waals surface area (Å²) in [5, 5.41) is 11.3. The van der Waals surface area contributed by atoms with E-state index in [1.54, 1.807) is 50.3 Å². The summed E-state index contributed by atoms with van der Waals surface area (Å²) in [6.45, 7) is 7.66. The van der Waals surface area contributed by atoms with Gasteiger partial charge in [-0.2, -0.15) is 0 Å². The van der Waals surface area contributed by atoms with Gasteiger partial charge in [0.15, 0.2) is 16.3 Å². The van der Waals surface area contributed by atoms with Crippen molar-refractivity contribution in [2.24, 2.45) is 4.99 Å². The lowest BCUT2D eigenvalue weighted by Crippen LogP contribution is -2.40. The Kier molecular flexibility index (Phi) is 8.88. The van der Waals surface area contributed by atoms with E-state index < -0.39 is 22.5 Å². The highest BCUT2D eigenvalue weighted by Gasteiger charge is 2.35. The number of fused-ring (bicyclic) bond motifs is 1. The lowest BCUT2D eigenvalue weighted by Gasteiger charge is -2.26. The molecule has 2 aromatic heterocycles. The third-order valence-corrected chi connectivity index (χ3v) is 8.66. The Bertz CT molecular complexity index is 2010. The highest BCUT2D eigenvalue weighted by Crippen LogP contribution is 2.41. The molecule has 11 nitrogen and oxygen atoms in total. The first-order valence-corrected chi connectivity index (χ1v) is 15.2. The molecule has 44 heavy (non-hydrogen) atoms. The van der Waals surface area contributed by atoms with Gasteiger partial charge in [-0.3, -0.25) is 19.5 Å². The van der Waals surface area contributed by atoms with Crippen LogP contribution >= 0.6 is 27.3 Å². The first kappa shape index (κ1) is 31.0. The van der Waals surface area contributed by atoms with Crippen molar-refractivity contribution in [1.82, 2.24) is 4.57 Å². The predicted octanol–water partition coefficient (Wildman–Crippen LogP) is 5.44. The van der Waals surface area contributed by atoms with Gasteiger partial charge >= 0.3 is 5.97 Å². The average Bonchev–Trinajstić information content (AvgIpc) is 3.57. The van der Waals surface area contributed by atoms with E-state index in [-0.39, 0.29) is 17.9 Å². The number of ether oxygens (including phenoxy) is 3. The molecule has 0 spiro atoms. The number of carbonyl (C=O) groups is 1. The fourth-order valence-electron chi connectivity index (χ4n) is 4.97. The number of hydrogen-bond acceptors (Lipinski definition) is 10. The van der Waals surface area contributed by atoms with Crippen LogP contribution in [0.1, 0.15) is 43.7 Å². The topological polar surface area (TPSA) is 135 Å². The van der Waals surface area contributed by atoms with Crippen LogP contribution in [0.25, 0.3) is 17.4 Å². The first-order chi connectivity index (χ1) is 21.1. The molecule has 228 valence electrons. The number of hydrogen-bond donors (Lipinski definition) is 0. The molecule has 0 fully saturated rings. The number of halogens is 1. The van der Waals surface area contributed by atoms with Gasteiger partial charge in [-0.1, -0.05) is 33.3 Å². The molecule has 13 heteroatoms. The number of furan rings is 1. The van der Waals surface area contributed by atoms with E-state index in [4.69, 9.17) is 18.6 Å². The molecular weight excluding hydrogens is 654 g/mol. The first-order valence-electron chi connectivity index (χ1n) is 13.6. The maximum atomic E-state index is 14.0. The Morgan fingerprint density at radius 1 is 1.16 bits per heavy atom. The predicted molar refractivity (Wildman–Crippen MR) is 168 cm³/mol. The fraction of sp³-hybridized carbons (Fsp3) is 0.258. The largest absolute Gasteiger partial charge is 0.493 e. The van der Waals surface area contributed by atoms with Gasteiger partial charge in [-0.05, 0) is 63.1 Å². The number of nitro groups is 1. The zero-order valence-electron chi connectivity index (χ0n) is 24.5. The van der Waals surface area contributed by atoms with Crippen molar-refractivity contribution in [2.45, 2.75) is 33.7 Å². The van der Waals surface area contributed by atoms with Crippen molar-refractivity contribution in [2.75, 3.05) is 20.3 Å². The Balaban J connectivity index is 1.67. The Hall–Kier alpha value is -4.49. The summed E-state index contributed by atoms with van der Waals surface area (Å²) in [7, 11) is 1.51. The van der Waals surface area contributed by atoms with Gasteiger partial charge in [0, 0.05) is 28.2 Å². The number of methoxy groups -OCH3 is 1. The van der Waals surface area contributed by atoms with E-state index in [0.29, 0.717) is 60.3 Å². The summed E-state index contributed by atoms with van der Waals surface area (Å²) >= 11 is 4.76. The van der Waals surface area contributed by atoms with Crippen LogP contribution < -0.4 is 24.4 Å². The van der Waals surface area contributed by atoms with Crippen LogP contribution in [-0.4, -0.2) is 35.8 Å². The summed E-state index contributed by atoms with van der Waals surface area (Å²) in [6.07, 6.45) is 1.59. The highest BCUT2D eigenvalue weighted by molar-refractivity contribution is 9.10. The standard InChI is InChI=1S/C31H28BrN3O8S/c1-6-41-25-15-22(32)21(14-24(25)40-5)28-27(30(37)42-7-2)17(4)33-31-34(28)29(36)26(44-31)13-19-10-11-23(43-19)20-12-18(35(38)39)9-8-16(20)3/h8-15,28H,6-7H2,1-5H3/b26-13+/t28-/m1/s1. The zero-order chi connectivity index (χ0) is 31.7. The second-order valence-electron chi connectivity index (χ2n) is 9.72. The van der Waals surface area contributed by atoms with Gasteiger partial charge in [-0.25, -0.2) is 9.79 Å². The van der Waals surface area contributed by atoms with Gasteiger partial charge in [0.2, 0.25) is 0 Å². The maximum Gasteiger partial charge on any atom is 0.338 e. The summed E-state index contributed by atoms with van der Waals surface area (Å²) in [5.41, 5.74) is 2.15. The van der Waals surface area contributed by atoms with Crippen molar-refractivity contribution >= 4 is 45.0 Å². The van der Waals surface area contributed by atoms with Crippen molar-refractivity contribution < 1.29 is 28.3 Å². The number of nitro benzene ring substituents is 1. The summed E-state index contributed by atoms with van der Waals surface area (Å²) in [6, 6.07) is 10.5. The second-order valence-corrected chi connectivity index (χ2v) is 11.6. The molecule has 0 saturated carbocycles.